The van der Waals surface area contributed by atoms with Crippen LogP contribution in [-0.4, -0.2) is 80.6 Å². The topological polar surface area (TPSA) is 293 Å². The predicted molar refractivity (Wildman–Crippen MR) is 97.3 cm³/mol. The number of aromatic amines is 1. The van der Waals surface area contributed by atoms with Gasteiger partial charge >= 0.3 is 28.6 Å². The third-order valence-electron chi connectivity index (χ3n) is 3.83. The third kappa shape index (κ3) is 5.47. The number of H-pyrrole nitrogens is 1. The second-order valence-electron chi connectivity index (χ2n) is 6.07. The van der Waals surface area contributed by atoms with E-state index in [1.807, 2.05) is 0 Å². The van der Waals surface area contributed by atoms with Crippen LogP contribution >= 0.6 is 7.82 Å². The summed E-state index contributed by atoms with van der Waals surface area (Å²) in [6.07, 6.45) is -5.70. The van der Waals surface area contributed by atoms with Gasteiger partial charge in [0.2, 0.25) is 5.95 Å². The van der Waals surface area contributed by atoms with Crippen molar-refractivity contribution in [2.75, 3.05) is 12.3 Å². The van der Waals surface area contributed by atoms with Crippen LogP contribution in [0.3, 0.4) is 0 Å². The number of hydrogen-bond donors (Lipinski definition) is 6. The molecule has 2 aromatic rings. The van der Waals surface area contributed by atoms with Crippen molar-refractivity contribution in [3.63, 3.8) is 0 Å². The molecule has 0 unspecified atom stereocenters. The maximum Gasteiger partial charge on any atom is 0.507 e. The Balaban J connectivity index is 1.83. The summed E-state index contributed by atoms with van der Waals surface area (Å²) in [6.45, 7) is -1.15. The highest BCUT2D eigenvalue weighted by Crippen LogP contribution is 2.52. The van der Waals surface area contributed by atoms with Crippen molar-refractivity contribution in [3.05, 3.63) is 16.7 Å². The number of aliphatic hydroxyl groups excluding tert-OH is 2. The highest BCUT2D eigenvalue weighted by atomic mass is 32.3. The van der Waals surface area contributed by atoms with Crippen LogP contribution in [0.1, 0.15) is 6.23 Å². The van der Waals surface area contributed by atoms with Crippen LogP contribution in [0.5, 0.6) is 0 Å². The van der Waals surface area contributed by atoms with Gasteiger partial charge in [-0.15, -0.1) is 7.94 Å². The minimum atomic E-state index is -5.74. The Kier molecular flexibility index (Phi) is 6.45. The number of hydrogen-bond acceptors (Lipinski definition) is 15. The lowest BCUT2D eigenvalue weighted by Gasteiger charge is -2.18. The smallest absolute Gasteiger partial charge is 0.387 e. The first kappa shape index (κ1) is 24.6. The number of nitrogens with zero attached hydrogens (tertiary/aromatic N) is 3. The van der Waals surface area contributed by atoms with Gasteiger partial charge in [0.1, 0.15) is 18.3 Å². The molecule has 19 nitrogen and oxygen atoms in total. The Hall–Kier alpha value is -2.04. The van der Waals surface area contributed by atoms with Crippen molar-refractivity contribution in [2.24, 2.45) is 0 Å². The molecule has 2 aromatic heterocycles. The van der Waals surface area contributed by atoms with Gasteiger partial charge in [-0.1, -0.05) is 0 Å². The first-order valence-corrected chi connectivity index (χ1v) is 12.1. The van der Waals surface area contributed by atoms with Crippen molar-refractivity contribution < 1.29 is 57.9 Å². The quantitative estimate of drug-likeness (QED) is 0.149. The fraction of sp³-hybridized carbons (Fsp3) is 0.500. The van der Waals surface area contributed by atoms with E-state index in [-0.39, 0.29) is 17.1 Å². The number of nitrogen functional groups attached to an aromatic ring is 1. The molecule has 0 bridgehead atoms. The minimum Gasteiger partial charge on any atom is -0.387 e. The summed E-state index contributed by atoms with van der Waals surface area (Å²) in [5.41, 5.74) is 4.39. The molecule has 3 rings (SSSR count). The average molecular weight is 523 g/mol. The molecule has 0 aliphatic carbocycles. The number of ether oxygens (including phenoxy) is 1. The van der Waals surface area contributed by atoms with Gasteiger partial charge < -0.3 is 20.7 Å². The number of nitrogens with two attached hydrogens (primary N) is 1. The molecule has 4 atom stereocenters. The number of aliphatic hydroxyl groups is 2. The van der Waals surface area contributed by atoms with Gasteiger partial charge in [-0.3, -0.25) is 28.0 Å². The van der Waals surface area contributed by atoms with Crippen molar-refractivity contribution in [1.82, 2.24) is 19.5 Å². The van der Waals surface area contributed by atoms with Gasteiger partial charge in [-0.05, 0) is 0 Å². The van der Waals surface area contributed by atoms with Gasteiger partial charge in [0.15, 0.2) is 17.4 Å². The lowest BCUT2D eigenvalue weighted by molar-refractivity contribution is -0.0498. The SMILES string of the molecule is Nc1nc2c(ncn2[C@@H]2O[C@H](COP(=O)(OS(=O)(=O)O)OS(=O)(=O)O)[C@@H](O)[C@H]2O)c(=O)[nH]1. The van der Waals surface area contributed by atoms with Crippen LogP contribution in [0.15, 0.2) is 11.1 Å². The Morgan fingerprint density at radius 1 is 1.19 bits per heavy atom. The predicted octanol–water partition coefficient (Wildman–Crippen LogP) is -2.92. The monoisotopic (exact) mass is 523 g/mol. The number of aromatic nitrogens is 4. The van der Waals surface area contributed by atoms with E-state index in [0.29, 0.717) is 0 Å². The summed E-state index contributed by atoms with van der Waals surface area (Å²) in [5, 5.41) is 20.4. The van der Waals surface area contributed by atoms with Crippen LogP contribution in [0.4, 0.5) is 5.95 Å². The molecule has 1 saturated heterocycles. The van der Waals surface area contributed by atoms with Crippen molar-refractivity contribution in [2.45, 2.75) is 24.5 Å². The van der Waals surface area contributed by atoms with Crippen molar-refractivity contribution in [3.8, 4) is 0 Å². The maximum absolute atomic E-state index is 12.1. The Morgan fingerprint density at radius 3 is 2.34 bits per heavy atom. The first-order valence-electron chi connectivity index (χ1n) is 7.94. The zero-order valence-corrected chi connectivity index (χ0v) is 17.7. The summed E-state index contributed by atoms with van der Waals surface area (Å²) in [7, 11) is -17.0. The lowest BCUT2D eigenvalue weighted by atomic mass is 10.1. The molecule has 180 valence electrons. The molecule has 1 fully saturated rings. The molecule has 1 aliphatic rings. The standard InChI is InChI=1S/C10H14N5O14PS2/c11-10-13-7-4(8(18)14-10)12-2-15(7)9-6(17)5(16)3(27-9)1-26-30(19,28-31(20,21)22)29-32(23,24)25/h2-3,5-6,9,16-17H,1H2,(H,20,21,22)(H,23,24,25)(H3,11,13,14,18)/t3-,5-,6-,9-/m1/s1. The maximum atomic E-state index is 12.1. The summed E-state index contributed by atoms with van der Waals surface area (Å²) < 4.78 is 90.3. The molecule has 32 heavy (non-hydrogen) atoms. The van der Waals surface area contributed by atoms with Crippen LogP contribution in [0.25, 0.3) is 11.2 Å². The van der Waals surface area contributed by atoms with E-state index in [0.717, 1.165) is 10.9 Å². The molecule has 0 radical (unpaired) electrons. The van der Waals surface area contributed by atoms with Crippen molar-refractivity contribution in [1.29, 1.82) is 0 Å². The molecule has 7 N–H and O–H groups in total. The van der Waals surface area contributed by atoms with E-state index in [1.165, 1.54) is 0 Å². The van der Waals surface area contributed by atoms with Crippen LogP contribution < -0.4 is 11.3 Å². The molecule has 0 aromatic carbocycles. The summed E-state index contributed by atoms with van der Waals surface area (Å²) in [5.74, 6) is -0.303. The van der Waals surface area contributed by atoms with Crippen molar-refractivity contribution >= 4 is 45.7 Å². The average Bonchev–Trinajstić information content (AvgIpc) is 3.12. The normalized spacial score (nSPS) is 24.9. The summed E-state index contributed by atoms with van der Waals surface area (Å²) in [4.78, 5) is 21.7. The second-order valence-corrected chi connectivity index (χ2v) is 10.1. The number of rotatable bonds is 8. The number of imidazole rings is 1. The Labute approximate surface area is 177 Å². The highest BCUT2D eigenvalue weighted by molar-refractivity contribution is 7.89. The van der Waals surface area contributed by atoms with Gasteiger partial charge in [0.25, 0.3) is 5.56 Å². The van der Waals surface area contributed by atoms with E-state index < -0.39 is 65.3 Å². The largest absolute Gasteiger partial charge is 0.507 e. The number of fused-ring (bicyclic) bond motifs is 1. The van der Waals surface area contributed by atoms with Gasteiger partial charge in [-0.25, -0.2) is 9.55 Å². The number of phosphoric acid groups is 1. The number of nitrogens with one attached hydrogen (secondary N) is 1. The van der Waals surface area contributed by atoms with E-state index in [2.05, 4.69) is 27.4 Å². The summed E-state index contributed by atoms with van der Waals surface area (Å²) in [6, 6.07) is 0. The van der Waals surface area contributed by atoms with E-state index in [1.54, 1.807) is 0 Å². The van der Waals surface area contributed by atoms with E-state index in [4.69, 9.17) is 19.6 Å². The van der Waals surface area contributed by atoms with Crippen LogP contribution in [0, 0.1) is 0 Å². The molecule has 0 spiro atoms. The van der Waals surface area contributed by atoms with Crippen LogP contribution in [-0.2, 0) is 42.6 Å². The number of anilines is 1. The van der Waals surface area contributed by atoms with Crippen LogP contribution in [0.2, 0.25) is 0 Å². The van der Waals surface area contributed by atoms with Gasteiger partial charge in [0, 0.05) is 0 Å². The second kappa shape index (κ2) is 8.39. The molecule has 22 heteroatoms. The molecule has 1 aliphatic heterocycles. The molecule has 0 amide bonds. The Bertz CT molecular complexity index is 1300. The highest BCUT2D eigenvalue weighted by Gasteiger charge is 2.47. The molecule has 3 heterocycles. The Morgan fingerprint density at radius 2 is 1.78 bits per heavy atom. The fourth-order valence-electron chi connectivity index (χ4n) is 2.68. The molecule has 0 saturated carbocycles. The minimum absolute atomic E-state index is 0.154. The fourth-order valence-corrected chi connectivity index (χ4v) is 5.52. The summed E-state index contributed by atoms with van der Waals surface area (Å²) >= 11 is 0. The molecular formula is C10H14N5O14PS2. The zero-order valence-electron chi connectivity index (χ0n) is 15.1. The zero-order chi connectivity index (χ0) is 24.1. The van der Waals surface area contributed by atoms with Gasteiger partial charge in [0.05, 0.1) is 12.9 Å². The lowest BCUT2D eigenvalue weighted by Crippen LogP contribution is -2.33. The first-order chi connectivity index (χ1) is 14.6. The third-order valence-corrected chi connectivity index (χ3v) is 7.26. The van der Waals surface area contributed by atoms with Gasteiger partial charge in [-0.2, -0.15) is 21.8 Å². The molecular weight excluding hydrogens is 509 g/mol. The van der Waals surface area contributed by atoms with E-state index >= 15 is 0 Å². The van der Waals surface area contributed by atoms with E-state index in [9.17, 15) is 36.4 Å².